The molecule has 8 heteroatoms. The standard InChI is InChI=1S/C16H20N6O2/c1-24-13-6-3-2-5-11(13)10-22-14-12(20-16(22)23)9-19-15(21-14)18-8-4-7-17/h2-3,5-6,9H,4,7-8,10,17H2,1H3,(H,20,23)(H,18,19,21). The summed E-state index contributed by atoms with van der Waals surface area (Å²) >= 11 is 0. The first-order chi connectivity index (χ1) is 11.7. The van der Waals surface area contributed by atoms with Gasteiger partial charge in [0.15, 0.2) is 5.65 Å². The van der Waals surface area contributed by atoms with Crippen LogP contribution in [0.3, 0.4) is 0 Å². The van der Waals surface area contributed by atoms with Gasteiger partial charge in [0.1, 0.15) is 11.3 Å². The van der Waals surface area contributed by atoms with Crippen LogP contribution in [0, 0.1) is 0 Å². The third-order valence-electron chi connectivity index (χ3n) is 3.70. The molecule has 0 saturated carbocycles. The minimum absolute atomic E-state index is 0.232. The zero-order valence-electron chi connectivity index (χ0n) is 13.5. The SMILES string of the molecule is COc1ccccc1Cn1c(=O)[nH]c2cnc(NCCCN)nc21. The molecule has 0 aliphatic carbocycles. The van der Waals surface area contributed by atoms with E-state index in [2.05, 4.69) is 20.3 Å². The maximum absolute atomic E-state index is 12.3. The Balaban J connectivity index is 1.96. The molecule has 0 unspecified atom stereocenters. The Bertz CT molecular complexity index is 886. The third kappa shape index (κ3) is 3.23. The number of methoxy groups -OCH3 is 1. The highest BCUT2D eigenvalue weighted by Crippen LogP contribution is 2.19. The first-order valence-corrected chi connectivity index (χ1v) is 7.74. The van der Waals surface area contributed by atoms with Crippen molar-refractivity contribution in [2.24, 2.45) is 5.73 Å². The van der Waals surface area contributed by atoms with Crippen molar-refractivity contribution in [2.75, 3.05) is 25.5 Å². The largest absolute Gasteiger partial charge is 0.496 e. The number of para-hydroxylation sites is 1. The molecule has 2 heterocycles. The van der Waals surface area contributed by atoms with Crippen LogP contribution in [0.25, 0.3) is 11.2 Å². The van der Waals surface area contributed by atoms with Crippen LogP contribution in [-0.2, 0) is 6.54 Å². The Hall–Kier alpha value is -2.87. The smallest absolute Gasteiger partial charge is 0.328 e. The van der Waals surface area contributed by atoms with Crippen LogP contribution in [-0.4, -0.2) is 39.7 Å². The summed E-state index contributed by atoms with van der Waals surface area (Å²) < 4.78 is 6.93. The van der Waals surface area contributed by atoms with Crippen molar-refractivity contribution >= 4 is 17.1 Å². The zero-order valence-corrected chi connectivity index (χ0v) is 13.5. The highest BCUT2D eigenvalue weighted by molar-refractivity contribution is 5.71. The van der Waals surface area contributed by atoms with Crippen LogP contribution in [0.1, 0.15) is 12.0 Å². The molecule has 1 aromatic carbocycles. The second-order valence-corrected chi connectivity index (χ2v) is 5.33. The average Bonchev–Trinajstić information content (AvgIpc) is 2.91. The molecular weight excluding hydrogens is 308 g/mol. The Kier molecular flexibility index (Phi) is 4.76. The summed E-state index contributed by atoms with van der Waals surface area (Å²) in [6.07, 6.45) is 2.43. The number of nitrogens with one attached hydrogen (secondary N) is 2. The van der Waals surface area contributed by atoms with Gasteiger partial charge in [0.25, 0.3) is 0 Å². The number of hydrogen-bond donors (Lipinski definition) is 3. The molecule has 0 bridgehead atoms. The van der Waals surface area contributed by atoms with Crippen molar-refractivity contribution < 1.29 is 4.74 Å². The summed E-state index contributed by atoms with van der Waals surface area (Å²) in [7, 11) is 1.61. The van der Waals surface area contributed by atoms with Gasteiger partial charge in [-0.1, -0.05) is 18.2 Å². The molecular formula is C16H20N6O2. The number of aromatic amines is 1. The van der Waals surface area contributed by atoms with E-state index >= 15 is 0 Å². The van der Waals surface area contributed by atoms with Crippen molar-refractivity contribution in [3.8, 4) is 5.75 Å². The summed E-state index contributed by atoms with van der Waals surface area (Å²) in [5, 5.41) is 3.10. The van der Waals surface area contributed by atoms with E-state index in [1.54, 1.807) is 17.9 Å². The fourth-order valence-corrected chi connectivity index (χ4v) is 2.48. The van der Waals surface area contributed by atoms with Gasteiger partial charge in [-0.3, -0.25) is 4.57 Å². The van der Waals surface area contributed by atoms with Crippen LogP contribution in [0.2, 0.25) is 0 Å². The topological polar surface area (TPSA) is 111 Å². The molecule has 0 amide bonds. The zero-order chi connectivity index (χ0) is 16.9. The number of fused-ring (bicyclic) bond motifs is 1. The molecule has 8 nitrogen and oxygen atoms in total. The Morgan fingerprint density at radius 3 is 3.00 bits per heavy atom. The first kappa shape index (κ1) is 16.0. The van der Waals surface area contributed by atoms with Gasteiger partial charge in [-0.15, -0.1) is 0 Å². The van der Waals surface area contributed by atoms with Crippen molar-refractivity contribution in [1.29, 1.82) is 0 Å². The average molecular weight is 328 g/mol. The molecule has 0 aliphatic rings. The molecule has 126 valence electrons. The summed E-state index contributed by atoms with van der Waals surface area (Å²) in [5.74, 6) is 1.21. The molecule has 3 aromatic rings. The Morgan fingerprint density at radius 2 is 2.21 bits per heavy atom. The molecule has 4 N–H and O–H groups in total. The van der Waals surface area contributed by atoms with Crippen LogP contribution < -0.4 is 21.5 Å². The van der Waals surface area contributed by atoms with Crippen LogP contribution >= 0.6 is 0 Å². The predicted octanol–water partition coefficient (Wildman–Crippen LogP) is 0.937. The normalized spacial score (nSPS) is 10.9. The summed E-state index contributed by atoms with van der Waals surface area (Å²) in [6.45, 7) is 1.64. The summed E-state index contributed by atoms with van der Waals surface area (Å²) in [5.41, 5.74) is 7.30. The number of imidazole rings is 1. The van der Waals surface area contributed by atoms with Gasteiger partial charge in [-0.05, 0) is 19.0 Å². The molecule has 0 atom stereocenters. The van der Waals surface area contributed by atoms with E-state index in [0.717, 1.165) is 17.7 Å². The van der Waals surface area contributed by atoms with Crippen molar-refractivity contribution in [1.82, 2.24) is 19.5 Å². The van der Waals surface area contributed by atoms with Gasteiger partial charge in [0, 0.05) is 12.1 Å². The lowest BCUT2D eigenvalue weighted by Crippen LogP contribution is -2.18. The van der Waals surface area contributed by atoms with E-state index < -0.39 is 0 Å². The van der Waals surface area contributed by atoms with Gasteiger partial charge in [0.05, 0.1) is 19.9 Å². The molecule has 0 aliphatic heterocycles. The maximum Gasteiger partial charge on any atom is 0.328 e. The monoisotopic (exact) mass is 328 g/mol. The first-order valence-electron chi connectivity index (χ1n) is 7.74. The lowest BCUT2D eigenvalue weighted by Gasteiger charge is -2.09. The van der Waals surface area contributed by atoms with E-state index in [9.17, 15) is 4.79 Å². The molecule has 3 rings (SSSR count). The van der Waals surface area contributed by atoms with Crippen LogP contribution in [0.4, 0.5) is 5.95 Å². The van der Waals surface area contributed by atoms with Crippen LogP contribution in [0.5, 0.6) is 5.75 Å². The van der Waals surface area contributed by atoms with E-state index in [0.29, 0.717) is 36.7 Å². The van der Waals surface area contributed by atoms with E-state index in [1.165, 1.54) is 0 Å². The summed E-state index contributed by atoms with van der Waals surface area (Å²) in [4.78, 5) is 23.7. The quantitative estimate of drug-likeness (QED) is 0.557. The minimum Gasteiger partial charge on any atom is -0.496 e. The number of nitrogens with zero attached hydrogens (tertiary/aromatic N) is 3. The number of nitrogens with two attached hydrogens (primary N) is 1. The molecule has 2 aromatic heterocycles. The number of benzene rings is 1. The molecule has 0 radical (unpaired) electrons. The Morgan fingerprint density at radius 1 is 1.38 bits per heavy atom. The highest BCUT2D eigenvalue weighted by Gasteiger charge is 2.12. The maximum atomic E-state index is 12.3. The highest BCUT2D eigenvalue weighted by atomic mass is 16.5. The number of H-pyrrole nitrogens is 1. The number of aromatic nitrogens is 4. The molecule has 24 heavy (non-hydrogen) atoms. The van der Waals surface area contributed by atoms with Crippen molar-refractivity contribution in [3.05, 3.63) is 46.5 Å². The van der Waals surface area contributed by atoms with Gasteiger partial charge in [0.2, 0.25) is 5.95 Å². The van der Waals surface area contributed by atoms with Gasteiger partial charge >= 0.3 is 5.69 Å². The van der Waals surface area contributed by atoms with Crippen molar-refractivity contribution in [2.45, 2.75) is 13.0 Å². The summed E-state index contributed by atoms with van der Waals surface area (Å²) in [6, 6.07) is 7.59. The fourth-order valence-electron chi connectivity index (χ4n) is 2.48. The lowest BCUT2D eigenvalue weighted by atomic mass is 10.2. The van der Waals surface area contributed by atoms with E-state index in [1.807, 2.05) is 24.3 Å². The van der Waals surface area contributed by atoms with E-state index in [-0.39, 0.29) is 5.69 Å². The fraction of sp³-hybridized carbons (Fsp3) is 0.312. The van der Waals surface area contributed by atoms with Gasteiger partial charge in [-0.2, -0.15) is 4.98 Å². The lowest BCUT2D eigenvalue weighted by molar-refractivity contribution is 0.408. The number of anilines is 1. The van der Waals surface area contributed by atoms with E-state index in [4.69, 9.17) is 10.5 Å². The second-order valence-electron chi connectivity index (χ2n) is 5.33. The number of hydrogen-bond acceptors (Lipinski definition) is 6. The molecule has 0 fully saturated rings. The predicted molar refractivity (Wildman–Crippen MR) is 92.4 cm³/mol. The van der Waals surface area contributed by atoms with Gasteiger partial charge in [-0.25, -0.2) is 9.78 Å². The Labute approximate surface area is 138 Å². The van der Waals surface area contributed by atoms with Crippen molar-refractivity contribution in [3.63, 3.8) is 0 Å². The molecule has 0 spiro atoms. The number of rotatable bonds is 7. The second kappa shape index (κ2) is 7.14. The third-order valence-corrected chi connectivity index (χ3v) is 3.70. The molecule has 0 saturated heterocycles. The minimum atomic E-state index is -0.232. The van der Waals surface area contributed by atoms with Gasteiger partial charge < -0.3 is 20.8 Å². The van der Waals surface area contributed by atoms with Crippen LogP contribution in [0.15, 0.2) is 35.3 Å². The number of ether oxygens (including phenoxy) is 1.